The third-order valence-corrected chi connectivity index (χ3v) is 5.10. The molecule has 1 N–H and O–H groups in total. The average molecular weight is 335 g/mol. The first kappa shape index (κ1) is 16.0. The van der Waals surface area contributed by atoms with E-state index in [-0.39, 0.29) is 11.9 Å². The van der Waals surface area contributed by atoms with Gasteiger partial charge < -0.3 is 4.74 Å². The van der Waals surface area contributed by atoms with E-state index in [9.17, 15) is 8.42 Å². The summed E-state index contributed by atoms with van der Waals surface area (Å²) in [6.45, 7) is 1.25. The second-order valence-corrected chi connectivity index (χ2v) is 7.52. The van der Waals surface area contributed by atoms with Gasteiger partial charge in [-0.2, -0.15) is 5.10 Å². The topological polar surface area (TPSA) is 73.2 Å². The van der Waals surface area contributed by atoms with E-state index in [0.29, 0.717) is 19.0 Å². The number of ether oxygens (including phenoxy) is 1. The SMILES string of the molecule is O=S(=O)(C[C@H]1CCCCO1)Nc1ccn(Cc2ccccc2)n1. The second-order valence-electron chi connectivity index (χ2n) is 5.76. The number of hydrogen-bond acceptors (Lipinski definition) is 4. The van der Waals surface area contributed by atoms with Crippen molar-refractivity contribution >= 4 is 15.8 Å². The van der Waals surface area contributed by atoms with E-state index in [2.05, 4.69) is 9.82 Å². The maximum absolute atomic E-state index is 12.2. The Hall–Kier alpha value is -1.86. The van der Waals surface area contributed by atoms with Gasteiger partial charge in [-0.1, -0.05) is 30.3 Å². The van der Waals surface area contributed by atoms with Crippen LogP contribution in [0.2, 0.25) is 0 Å². The fourth-order valence-electron chi connectivity index (χ4n) is 2.66. The zero-order valence-electron chi connectivity index (χ0n) is 12.9. The van der Waals surface area contributed by atoms with Gasteiger partial charge in [-0.25, -0.2) is 8.42 Å². The van der Waals surface area contributed by atoms with Crippen LogP contribution in [0.25, 0.3) is 0 Å². The Morgan fingerprint density at radius 3 is 2.78 bits per heavy atom. The van der Waals surface area contributed by atoms with Gasteiger partial charge in [0.2, 0.25) is 10.0 Å². The van der Waals surface area contributed by atoms with Crippen LogP contribution >= 0.6 is 0 Å². The molecule has 0 amide bonds. The van der Waals surface area contributed by atoms with Crippen molar-refractivity contribution in [3.63, 3.8) is 0 Å². The number of nitrogens with one attached hydrogen (secondary N) is 1. The lowest BCUT2D eigenvalue weighted by Crippen LogP contribution is -2.31. The Bertz CT molecular complexity index is 722. The van der Waals surface area contributed by atoms with Crippen molar-refractivity contribution in [3.8, 4) is 0 Å². The highest BCUT2D eigenvalue weighted by Gasteiger charge is 2.22. The van der Waals surface area contributed by atoms with Gasteiger partial charge in [-0.15, -0.1) is 0 Å². The Labute approximate surface area is 136 Å². The molecule has 3 rings (SSSR count). The first-order chi connectivity index (χ1) is 11.1. The third-order valence-electron chi connectivity index (χ3n) is 3.77. The zero-order chi connectivity index (χ0) is 16.1. The molecule has 1 aliphatic rings. The van der Waals surface area contributed by atoms with Crippen LogP contribution in [0.3, 0.4) is 0 Å². The van der Waals surface area contributed by atoms with Crippen LogP contribution in [0.5, 0.6) is 0 Å². The van der Waals surface area contributed by atoms with E-state index in [4.69, 9.17) is 4.74 Å². The van der Waals surface area contributed by atoms with Gasteiger partial charge >= 0.3 is 0 Å². The quantitative estimate of drug-likeness (QED) is 0.879. The second kappa shape index (κ2) is 7.14. The lowest BCUT2D eigenvalue weighted by molar-refractivity contribution is 0.0306. The highest BCUT2D eigenvalue weighted by Crippen LogP contribution is 2.16. The van der Waals surface area contributed by atoms with Gasteiger partial charge in [0.1, 0.15) is 0 Å². The van der Waals surface area contributed by atoms with Crippen LogP contribution in [0.4, 0.5) is 5.82 Å². The molecule has 1 atom stereocenters. The largest absolute Gasteiger partial charge is 0.377 e. The van der Waals surface area contributed by atoms with E-state index >= 15 is 0 Å². The standard InChI is InChI=1S/C16H21N3O3S/c20-23(21,13-15-8-4-5-11-22-15)18-16-9-10-19(17-16)12-14-6-2-1-3-7-14/h1-3,6-7,9-10,15H,4-5,8,11-13H2,(H,17,18)/t15-/m1/s1. The maximum atomic E-state index is 12.2. The number of hydrogen-bond donors (Lipinski definition) is 1. The van der Waals surface area contributed by atoms with E-state index in [1.165, 1.54) is 0 Å². The Morgan fingerprint density at radius 1 is 1.22 bits per heavy atom. The van der Waals surface area contributed by atoms with Gasteiger partial charge in [-0.3, -0.25) is 9.40 Å². The maximum Gasteiger partial charge on any atom is 0.236 e. The molecule has 23 heavy (non-hydrogen) atoms. The highest BCUT2D eigenvalue weighted by atomic mass is 32.2. The van der Waals surface area contributed by atoms with Gasteiger partial charge in [0.05, 0.1) is 18.4 Å². The van der Waals surface area contributed by atoms with E-state index < -0.39 is 10.0 Å². The molecule has 0 radical (unpaired) electrons. The minimum absolute atomic E-state index is 0.0153. The predicted octanol–water partition coefficient (Wildman–Crippen LogP) is 2.24. The van der Waals surface area contributed by atoms with Crippen molar-refractivity contribution in [2.75, 3.05) is 17.1 Å². The molecule has 124 valence electrons. The van der Waals surface area contributed by atoms with Crippen molar-refractivity contribution in [1.82, 2.24) is 9.78 Å². The van der Waals surface area contributed by atoms with E-state index in [1.54, 1.807) is 16.9 Å². The van der Waals surface area contributed by atoms with Gasteiger partial charge in [0, 0.05) is 18.9 Å². The molecular weight excluding hydrogens is 314 g/mol. The molecule has 0 saturated carbocycles. The number of benzene rings is 1. The molecule has 2 heterocycles. The van der Waals surface area contributed by atoms with Gasteiger partial charge in [0.25, 0.3) is 0 Å². The van der Waals surface area contributed by atoms with Gasteiger partial charge in [0.15, 0.2) is 5.82 Å². The summed E-state index contributed by atoms with van der Waals surface area (Å²) < 4.78 is 34.1. The molecule has 0 aliphatic carbocycles. The molecule has 1 fully saturated rings. The number of rotatable bonds is 6. The number of aromatic nitrogens is 2. The lowest BCUT2D eigenvalue weighted by atomic mass is 10.1. The van der Waals surface area contributed by atoms with E-state index in [1.807, 2.05) is 30.3 Å². The first-order valence-electron chi connectivity index (χ1n) is 7.80. The van der Waals surface area contributed by atoms with Crippen LogP contribution in [-0.2, 0) is 21.3 Å². The minimum atomic E-state index is -3.44. The first-order valence-corrected chi connectivity index (χ1v) is 9.45. The molecular formula is C16H21N3O3S. The summed E-state index contributed by atoms with van der Waals surface area (Å²) in [5.41, 5.74) is 1.11. The molecule has 0 bridgehead atoms. The fourth-order valence-corrected chi connectivity index (χ4v) is 3.92. The Kier molecular flexibility index (Phi) is 4.97. The molecule has 1 aliphatic heterocycles. The minimum Gasteiger partial charge on any atom is -0.377 e. The van der Waals surface area contributed by atoms with Crippen molar-refractivity contribution in [2.45, 2.75) is 31.9 Å². The molecule has 0 spiro atoms. The molecule has 0 unspecified atom stereocenters. The number of nitrogens with zero attached hydrogens (tertiary/aromatic N) is 2. The third kappa shape index (κ3) is 4.80. The average Bonchev–Trinajstić information content (AvgIpc) is 2.95. The van der Waals surface area contributed by atoms with Crippen LogP contribution in [0.1, 0.15) is 24.8 Å². The van der Waals surface area contributed by atoms with Crippen molar-refractivity contribution in [2.24, 2.45) is 0 Å². The van der Waals surface area contributed by atoms with Crippen molar-refractivity contribution in [1.29, 1.82) is 0 Å². The molecule has 1 aromatic carbocycles. The fraction of sp³-hybridized carbons (Fsp3) is 0.438. The summed E-state index contributed by atoms with van der Waals surface area (Å²) >= 11 is 0. The summed E-state index contributed by atoms with van der Waals surface area (Å²) in [6.07, 6.45) is 4.37. The summed E-state index contributed by atoms with van der Waals surface area (Å²) in [4.78, 5) is 0. The highest BCUT2D eigenvalue weighted by molar-refractivity contribution is 7.92. The molecule has 2 aromatic rings. The van der Waals surface area contributed by atoms with Crippen LogP contribution in [0, 0.1) is 0 Å². The Morgan fingerprint density at radius 2 is 2.04 bits per heavy atom. The van der Waals surface area contributed by atoms with Crippen molar-refractivity contribution in [3.05, 3.63) is 48.2 Å². The van der Waals surface area contributed by atoms with Crippen LogP contribution in [0.15, 0.2) is 42.6 Å². The molecule has 7 heteroatoms. The van der Waals surface area contributed by atoms with Crippen LogP contribution in [-0.4, -0.2) is 36.7 Å². The van der Waals surface area contributed by atoms with Gasteiger partial charge in [-0.05, 0) is 24.8 Å². The van der Waals surface area contributed by atoms with Crippen molar-refractivity contribution < 1.29 is 13.2 Å². The summed E-state index contributed by atoms with van der Waals surface area (Å²) in [5, 5.41) is 4.27. The Balaban J connectivity index is 1.59. The smallest absolute Gasteiger partial charge is 0.236 e. The number of anilines is 1. The summed E-state index contributed by atoms with van der Waals surface area (Å²) in [6, 6.07) is 11.6. The zero-order valence-corrected chi connectivity index (χ0v) is 13.7. The molecule has 6 nitrogen and oxygen atoms in total. The van der Waals surface area contributed by atoms with Crippen LogP contribution < -0.4 is 4.72 Å². The number of sulfonamides is 1. The predicted molar refractivity (Wildman–Crippen MR) is 88.8 cm³/mol. The summed E-state index contributed by atoms with van der Waals surface area (Å²) in [7, 11) is -3.44. The van der Waals surface area contributed by atoms with E-state index in [0.717, 1.165) is 24.8 Å². The lowest BCUT2D eigenvalue weighted by Gasteiger charge is -2.22. The summed E-state index contributed by atoms with van der Waals surface area (Å²) in [5.74, 6) is 0.329. The normalized spacial score (nSPS) is 18.7. The molecule has 1 saturated heterocycles. The monoisotopic (exact) mass is 335 g/mol. The molecule has 1 aromatic heterocycles.